The zero-order chi connectivity index (χ0) is 14.0. The molecule has 0 fully saturated rings. The molecule has 6 nitrogen and oxygen atoms in total. The molecule has 3 N–H and O–H groups in total. The number of amides is 1. The molecule has 0 bridgehead atoms. The molecule has 0 spiro atoms. The van der Waals surface area contributed by atoms with Gasteiger partial charge in [0.25, 0.3) is 5.91 Å². The smallest absolute Gasteiger partial charge is 0.269 e. The number of aryl methyl sites for hydroxylation is 1. The SMILES string of the molecule is C=Cc1c(C(N)=O)n[nH]c1/C=C(\C)c1nccn1C. The van der Waals surface area contributed by atoms with E-state index in [-0.39, 0.29) is 5.69 Å². The van der Waals surface area contributed by atoms with Crippen LogP contribution in [-0.2, 0) is 7.05 Å². The molecule has 6 heteroatoms. The maximum absolute atomic E-state index is 11.2. The van der Waals surface area contributed by atoms with E-state index in [0.717, 1.165) is 11.4 Å². The van der Waals surface area contributed by atoms with Gasteiger partial charge >= 0.3 is 0 Å². The highest BCUT2D eigenvalue weighted by Gasteiger charge is 2.14. The van der Waals surface area contributed by atoms with Gasteiger partial charge in [0.05, 0.1) is 5.69 Å². The largest absolute Gasteiger partial charge is 0.364 e. The van der Waals surface area contributed by atoms with Crippen molar-refractivity contribution in [1.29, 1.82) is 0 Å². The summed E-state index contributed by atoms with van der Waals surface area (Å²) in [6.07, 6.45) is 7.01. The van der Waals surface area contributed by atoms with Crippen molar-refractivity contribution in [1.82, 2.24) is 19.7 Å². The first-order valence-corrected chi connectivity index (χ1v) is 5.71. The first-order chi connectivity index (χ1) is 9.04. The van der Waals surface area contributed by atoms with Gasteiger partial charge in [-0.3, -0.25) is 9.89 Å². The molecule has 2 heterocycles. The highest BCUT2D eigenvalue weighted by Crippen LogP contribution is 2.19. The van der Waals surface area contributed by atoms with Crippen molar-refractivity contribution in [3.05, 3.63) is 41.7 Å². The van der Waals surface area contributed by atoms with Crippen molar-refractivity contribution in [2.45, 2.75) is 6.92 Å². The Kier molecular flexibility index (Phi) is 3.33. The summed E-state index contributed by atoms with van der Waals surface area (Å²) in [5, 5.41) is 6.68. The fourth-order valence-electron chi connectivity index (χ4n) is 1.90. The number of imidazole rings is 1. The van der Waals surface area contributed by atoms with Gasteiger partial charge in [-0.05, 0) is 18.6 Å². The Labute approximate surface area is 110 Å². The van der Waals surface area contributed by atoms with E-state index in [1.54, 1.807) is 12.3 Å². The average molecular weight is 257 g/mol. The third-order valence-electron chi connectivity index (χ3n) is 2.81. The van der Waals surface area contributed by atoms with Gasteiger partial charge in [0.1, 0.15) is 5.82 Å². The molecule has 2 aromatic heterocycles. The summed E-state index contributed by atoms with van der Waals surface area (Å²) in [6, 6.07) is 0. The number of nitrogens with one attached hydrogen (secondary N) is 1. The molecule has 0 aliphatic heterocycles. The molecule has 98 valence electrons. The molecule has 0 saturated heterocycles. The van der Waals surface area contributed by atoms with E-state index in [9.17, 15) is 4.79 Å². The van der Waals surface area contributed by atoms with E-state index in [0.29, 0.717) is 11.3 Å². The third kappa shape index (κ3) is 2.33. The molecule has 0 atom stereocenters. The van der Waals surface area contributed by atoms with Crippen LogP contribution in [0, 0.1) is 0 Å². The van der Waals surface area contributed by atoms with Gasteiger partial charge < -0.3 is 10.3 Å². The lowest BCUT2D eigenvalue weighted by Crippen LogP contribution is -2.12. The molecule has 0 radical (unpaired) electrons. The first kappa shape index (κ1) is 12.8. The van der Waals surface area contributed by atoms with Crippen molar-refractivity contribution in [3.63, 3.8) is 0 Å². The Morgan fingerprint density at radius 1 is 1.58 bits per heavy atom. The van der Waals surface area contributed by atoms with Crippen LogP contribution in [0.1, 0.15) is 34.5 Å². The second kappa shape index (κ2) is 4.93. The predicted molar refractivity (Wildman–Crippen MR) is 73.9 cm³/mol. The van der Waals surface area contributed by atoms with Crippen LogP contribution < -0.4 is 5.73 Å². The maximum atomic E-state index is 11.2. The van der Waals surface area contributed by atoms with Crippen LogP contribution in [0.25, 0.3) is 17.7 Å². The Morgan fingerprint density at radius 3 is 2.84 bits per heavy atom. The topological polar surface area (TPSA) is 89.6 Å². The summed E-state index contributed by atoms with van der Waals surface area (Å²) < 4.78 is 1.91. The Morgan fingerprint density at radius 2 is 2.32 bits per heavy atom. The number of aromatic nitrogens is 4. The number of allylic oxidation sites excluding steroid dienone is 1. The fraction of sp³-hybridized carbons (Fsp3) is 0.154. The van der Waals surface area contributed by atoms with E-state index in [2.05, 4.69) is 21.8 Å². The monoisotopic (exact) mass is 257 g/mol. The van der Waals surface area contributed by atoms with Crippen molar-refractivity contribution in [2.24, 2.45) is 12.8 Å². The summed E-state index contributed by atoms with van der Waals surface area (Å²) in [7, 11) is 1.91. The second-order valence-electron chi connectivity index (χ2n) is 4.16. The first-order valence-electron chi connectivity index (χ1n) is 5.71. The van der Waals surface area contributed by atoms with Gasteiger partial charge in [0.15, 0.2) is 5.69 Å². The van der Waals surface area contributed by atoms with Gasteiger partial charge in [-0.2, -0.15) is 5.10 Å². The van der Waals surface area contributed by atoms with Crippen LogP contribution in [0.3, 0.4) is 0 Å². The minimum atomic E-state index is -0.583. The normalized spacial score (nSPS) is 11.6. The number of carbonyl (C=O) groups is 1. The number of primary amides is 1. The van der Waals surface area contributed by atoms with Crippen molar-refractivity contribution in [2.75, 3.05) is 0 Å². The Hall–Kier alpha value is -2.63. The van der Waals surface area contributed by atoms with E-state index >= 15 is 0 Å². The summed E-state index contributed by atoms with van der Waals surface area (Å²) in [5.74, 6) is 0.255. The lowest BCUT2D eigenvalue weighted by Gasteiger charge is -2.01. The number of nitrogens with zero attached hydrogens (tertiary/aromatic N) is 3. The number of rotatable bonds is 4. The van der Waals surface area contributed by atoms with Gasteiger partial charge in [-0.15, -0.1) is 0 Å². The van der Waals surface area contributed by atoms with Crippen LogP contribution in [-0.4, -0.2) is 25.7 Å². The molecular formula is C13H15N5O. The number of aromatic amines is 1. The highest BCUT2D eigenvalue weighted by molar-refractivity contribution is 5.96. The van der Waals surface area contributed by atoms with E-state index in [1.807, 2.05) is 30.8 Å². The molecule has 2 aromatic rings. The minimum absolute atomic E-state index is 0.189. The number of hydrogen-bond acceptors (Lipinski definition) is 3. The van der Waals surface area contributed by atoms with Crippen molar-refractivity contribution < 1.29 is 4.79 Å². The fourth-order valence-corrected chi connectivity index (χ4v) is 1.90. The number of nitrogens with two attached hydrogens (primary N) is 1. The quantitative estimate of drug-likeness (QED) is 0.868. The van der Waals surface area contributed by atoms with E-state index < -0.39 is 5.91 Å². The van der Waals surface area contributed by atoms with Crippen LogP contribution >= 0.6 is 0 Å². The molecule has 0 unspecified atom stereocenters. The second-order valence-corrected chi connectivity index (χ2v) is 4.16. The summed E-state index contributed by atoms with van der Waals surface area (Å²) in [6.45, 7) is 5.61. The van der Waals surface area contributed by atoms with Gasteiger partial charge in [-0.1, -0.05) is 12.7 Å². The van der Waals surface area contributed by atoms with Crippen molar-refractivity contribution in [3.8, 4) is 0 Å². The molecular weight excluding hydrogens is 242 g/mol. The Bertz CT molecular complexity index is 662. The maximum Gasteiger partial charge on any atom is 0.269 e. The molecule has 1 amide bonds. The predicted octanol–water partition coefficient (Wildman–Crippen LogP) is 1.45. The average Bonchev–Trinajstić information content (AvgIpc) is 2.94. The van der Waals surface area contributed by atoms with Crippen LogP contribution in [0.2, 0.25) is 0 Å². The molecule has 0 saturated carbocycles. The van der Waals surface area contributed by atoms with Crippen LogP contribution in [0.4, 0.5) is 0 Å². The number of carbonyl (C=O) groups excluding carboxylic acids is 1. The molecule has 0 aromatic carbocycles. The molecule has 19 heavy (non-hydrogen) atoms. The van der Waals surface area contributed by atoms with E-state index in [1.165, 1.54) is 0 Å². The summed E-state index contributed by atoms with van der Waals surface area (Å²) >= 11 is 0. The lowest BCUT2D eigenvalue weighted by molar-refractivity contribution is 0.0995. The number of hydrogen-bond donors (Lipinski definition) is 2. The third-order valence-corrected chi connectivity index (χ3v) is 2.81. The lowest BCUT2D eigenvalue weighted by atomic mass is 10.1. The van der Waals surface area contributed by atoms with Gasteiger partial charge in [0, 0.05) is 25.0 Å². The minimum Gasteiger partial charge on any atom is -0.364 e. The van der Waals surface area contributed by atoms with Crippen molar-refractivity contribution >= 4 is 23.6 Å². The Balaban J connectivity index is 2.46. The zero-order valence-electron chi connectivity index (χ0n) is 10.8. The van der Waals surface area contributed by atoms with Gasteiger partial charge in [-0.25, -0.2) is 4.98 Å². The van der Waals surface area contributed by atoms with Gasteiger partial charge in [0.2, 0.25) is 0 Å². The molecule has 0 aliphatic carbocycles. The number of H-pyrrole nitrogens is 1. The molecule has 2 rings (SSSR count). The standard InChI is InChI=1S/C13H15N5O/c1-4-9-10(16-17-11(9)12(14)19)7-8(2)13-15-5-6-18(13)3/h4-7H,1H2,2-3H3,(H2,14,19)(H,16,17)/b8-7+. The highest BCUT2D eigenvalue weighted by atomic mass is 16.1. The molecule has 0 aliphatic rings. The van der Waals surface area contributed by atoms with E-state index in [4.69, 9.17) is 5.73 Å². The van der Waals surface area contributed by atoms with Crippen LogP contribution in [0.5, 0.6) is 0 Å². The summed E-state index contributed by atoms with van der Waals surface area (Å²) in [5.41, 5.74) is 7.66. The zero-order valence-corrected chi connectivity index (χ0v) is 10.8. The summed E-state index contributed by atoms with van der Waals surface area (Å²) in [4.78, 5) is 15.5. The van der Waals surface area contributed by atoms with Crippen LogP contribution in [0.15, 0.2) is 19.0 Å².